The third kappa shape index (κ3) is 2.41. The van der Waals surface area contributed by atoms with Gasteiger partial charge in [0.1, 0.15) is 5.82 Å². The first-order valence-electron chi connectivity index (χ1n) is 7.72. The number of urea groups is 1. The van der Waals surface area contributed by atoms with Gasteiger partial charge < -0.3 is 10.2 Å². The molecule has 1 aromatic heterocycles. The van der Waals surface area contributed by atoms with E-state index >= 15 is 0 Å². The van der Waals surface area contributed by atoms with Gasteiger partial charge in [-0.1, -0.05) is 11.6 Å². The second kappa shape index (κ2) is 5.70. The molecule has 2 aromatic rings. The van der Waals surface area contributed by atoms with Crippen LogP contribution in [0.25, 0.3) is 0 Å². The zero-order chi connectivity index (χ0) is 16.8. The molecule has 2 atom stereocenters. The molecule has 0 spiro atoms. The van der Waals surface area contributed by atoms with Gasteiger partial charge >= 0.3 is 6.03 Å². The fourth-order valence-corrected chi connectivity index (χ4v) is 3.86. The summed E-state index contributed by atoms with van der Waals surface area (Å²) in [5.41, 5.74) is 1.46. The number of anilines is 1. The Bertz CT molecular complexity index is 829. The number of nitrogens with one attached hydrogen (secondary N) is 1. The first-order chi connectivity index (χ1) is 11.5. The van der Waals surface area contributed by atoms with Crippen LogP contribution in [0.3, 0.4) is 0 Å². The Morgan fingerprint density at radius 1 is 1.29 bits per heavy atom. The summed E-state index contributed by atoms with van der Waals surface area (Å²) < 4.78 is 27.8. The molecule has 4 rings (SSSR count). The molecule has 2 bridgehead atoms. The fourth-order valence-electron chi connectivity index (χ4n) is 3.70. The van der Waals surface area contributed by atoms with Gasteiger partial charge in [0, 0.05) is 22.8 Å². The van der Waals surface area contributed by atoms with Crippen LogP contribution in [0.4, 0.5) is 19.3 Å². The number of amides is 2. The Kier molecular flexibility index (Phi) is 3.64. The lowest BCUT2D eigenvalue weighted by Gasteiger charge is -2.36. The first kappa shape index (κ1) is 15.3. The minimum absolute atomic E-state index is 0.0792. The number of nitrogens with zero attached hydrogens (tertiary/aromatic N) is 2. The molecule has 1 saturated heterocycles. The van der Waals surface area contributed by atoms with Crippen LogP contribution in [0.5, 0.6) is 0 Å². The van der Waals surface area contributed by atoms with Crippen LogP contribution in [0.15, 0.2) is 30.5 Å². The molecule has 1 fully saturated rings. The lowest BCUT2D eigenvalue weighted by atomic mass is 9.95. The number of halogens is 3. The van der Waals surface area contributed by atoms with Crippen LogP contribution in [-0.2, 0) is 6.42 Å². The van der Waals surface area contributed by atoms with Crippen LogP contribution in [-0.4, -0.2) is 22.0 Å². The van der Waals surface area contributed by atoms with E-state index in [4.69, 9.17) is 11.6 Å². The highest BCUT2D eigenvalue weighted by molar-refractivity contribution is 6.30. The van der Waals surface area contributed by atoms with Gasteiger partial charge in [-0.3, -0.25) is 0 Å². The Morgan fingerprint density at radius 2 is 2.12 bits per heavy atom. The van der Waals surface area contributed by atoms with Gasteiger partial charge in [0.15, 0.2) is 0 Å². The van der Waals surface area contributed by atoms with E-state index < -0.39 is 11.8 Å². The largest absolute Gasteiger partial charge is 0.322 e. The van der Waals surface area contributed by atoms with Gasteiger partial charge in [0.2, 0.25) is 5.95 Å². The molecule has 24 heavy (non-hydrogen) atoms. The molecule has 124 valence electrons. The van der Waals surface area contributed by atoms with E-state index in [1.165, 1.54) is 18.3 Å². The highest BCUT2D eigenvalue weighted by Gasteiger charge is 2.43. The molecule has 0 unspecified atom stereocenters. The van der Waals surface area contributed by atoms with Crippen LogP contribution in [0.1, 0.15) is 30.0 Å². The molecule has 2 aliphatic rings. The molecule has 2 aliphatic heterocycles. The molecule has 1 aromatic carbocycles. The lowest BCUT2D eigenvalue weighted by Crippen LogP contribution is -2.44. The van der Waals surface area contributed by atoms with Gasteiger partial charge in [-0.15, -0.1) is 0 Å². The van der Waals surface area contributed by atoms with E-state index in [1.54, 1.807) is 11.0 Å². The summed E-state index contributed by atoms with van der Waals surface area (Å²) in [5.74, 6) is -1.05. The number of carbonyl (C=O) groups is 1. The number of hydrogen-bond donors (Lipinski definition) is 1. The number of benzene rings is 1. The topological polar surface area (TPSA) is 45.2 Å². The smallest absolute Gasteiger partial charge is 0.314 e. The van der Waals surface area contributed by atoms with Gasteiger partial charge in [-0.2, -0.15) is 4.39 Å². The monoisotopic (exact) mass is 349 g/mol. The Balaban J connectivity index is 1.62. The standard InChI is InChI=1S/C17H14ClF2N3O/c18-9-1-3-14(13(19)7-9)22-17(24)23-10-2-4-15(23)11-5-6-21-16(20)12(11)8-10/h1,3,5-7,10,15H,2,4,8H2,(H,22,24)/t10-,15+/m1/s1. The fraction of sp³-hybridized carbons (Fsp3) is 0.294. The molecule has 4 nitrogen and oxygen atoms in total. The Hall–Kier alpha value is -2.21. The van der Waals surface area contributed by atoms with E-state index in [0.29, 0.717) is 12.0 Å². The van der Waals surface area contributed by atoms with Crippen molar-refractivity contribution in [2.45, 2.75) is 31.3 Å². The van der Waals surface area contributed by atoms with Crippen molar-refractivity contribution in [3.05, 3.63) is 58.4 Å². The summed E-state index contributed by atoms with van der Waals surface area (Å²) >= 11 is 5.73. The molecule has 7 heteroatoms. The van der Waals surface area contributed by atoms with E-state index in [1.807, 2.05) is 0 Å². The van der Waals surface area contributed by atoms with Crippen molar-refractivity contribution in [3.8, 4) is 0 Å². The number of pyridine rings is 1. The zero-order valence-electron chi connectivity index (χ0n) is 12.6. The minimum atomic E-state index is -0.587. The van der Waals surface area contributed by atoms with Crippen molar-refractivity contribution in [1.29, 1.82) is 0 Å². The van der Waals surface area contributed by atoms with E-state index in [-0.39, 0.29) is 28.8 Å². The highest BCUT2D eigenvalue weighted by Crippen LogP contribution is 2.44. The van der Waals surface area contributed by atoms with Gasteiger partial charge in [-0.05, 0) is 49.1 Å². The third-order valence-electron chi connectivity index (χ3n) is 4.75. The van der Waals surface area contributed by atoms with Crippen LogP contribution in [0.2, 0.25) is 5.02 Å². The van der Waals surface area contributed by atoms with Gasteiger partial charge in [-0.25, -0.2) is 14.2 Å². The number of fused-ring (bicyclic) bond motifs is 4. The summed E-state index contributed by atoms with van der Waals surface area (Å²) in [6, 6.07) is 5.17. The predicted octanol–water partition coefficient (Wildman–Crippen LogP) is 4.31. The van der Waals surface area contributed by atoms with E-state index in [0.717, 1.165) is 24.5 Å². The first-order valence-corrected chi connectivity index (χ1v) is 8.10. The normalized spacial score (nSPS) is 21.5. The van der Waals surface area contributed by atoms with E-state index in [9.17, 15) is 13.6 Å². The maximum Gasteiger partial charge on any atom is 0.322 e. The predicted molar refractivity (Wildman–Crippen MR) is 85.9 cm³/mol. The van der Waals surface area contributed by atoms with E-state index in [2.05, 4.69) is 10.3 Å². The number of rotatable bonds is 1. The average Bonchev–Trinajstić information content (AvgIpc) is 2.86. The van der Waals surface area contributed by atoms with Gasteiger partial charge in [0.25, 0.3) is 0 Å². The van der Waals surface area contributed by atoms with Crippen molar-refractivity contribution < 1.29 is 13.6 Å². The maximum absolute atomic E-state index is 13.9. The Labute approximate surface area is 142 Å². The molecule has 0 radical (unpaired) electrons. The summed E-state index contributed by atoms with van der Waals surface area (Å²) in [6.45, 7) is 0. The summed E-state index contributed by atoms with van der Waals surface area (Å²) in [4.78, 5) is 18.1. The molecule has 0 aliphatic carbocycles. The number of carbonyl (C=O) groups excluding carboxylic acids is 1. The highest BCUT2D eigenvalue weighted by atomic mass is 35.5. The molecular weight excluding hydrogens is 336 g/mol. The molecule has 1 N–H and O–H groups in total. The second-order valence-corrected chi connectivity index (χ2v) is 6.52. The van der Waals surface area contributed by atoms with Crippen LogP contribution >= 0.6 is 11.6 Å². The van der Waals surface area contributed by atoms with Gasteiger partial charge in [0.05, 0.1) is 11.7 Å². The number of aromatic nitrogens is 1. The summed E-state index contributed by atoms with van der Waals surface area (Å²) in [7, 11) is 0. The van der Waals surface area contributed by atoms with Crippen molar-refractivity contribution in [1.82, 2.24) is 9.88 Å². The van der Waals surface area contributed by atoms with Crippen molar-refractivity contribution in [3.63, 3.8) is 0 Å². The third-order valence-corrected chi connectivity index (χ3v) is 4.98. The summed E-state index contributed by atoms with van der Waals surface area (Å²) in [6.07, 6.45) is 3.40. The molecule has 2 amide bonds. The summed E-state index contributed by atoms with van der Waals surface area (Å²) in [5, 5.41) is 2.86. The lowest BCUT2D eigenvalue weighted by molar-refractivity contribution is 0.178. The molecule has 0 saturated carbocycles. The SMILES string of the molecule is O=C(Nc1ccc(Cl)cc1F)N1[C@@H]2CC[C@H]1c1ccnc(F)c1C2. The molecular formula is C17H14ClF2N3O. The molecule has 3 heterocycles. The second-order valence-electron chi connectivity index (χ2n) is 6.08. The van der Waals surface area contributed by atoms with Crippen LogP contribution in [0, 0.1) is 11.8 Å². The average molecular weight is 350 g/mol. The van der Waals surface area contributed by atoms with Crippen molar-refractivity contribution >= 4 is 23.3 Å². The Morgan fingerprint density at radius 3 is 2.92 bits per heavy atom. The number of hydrogen-bond acceptors (Lipinski definition) is 2. The minimum Gasteiger partial charge on any atom is -0.314 e. The maximum atomic E-state index is 13.9. The van der Waals surface area contributed by atoms with Crippen molar-refractivity contribution in [2.75, 3.05) is 5.32 Å². The zero-order valence-corrected chi connectivity index (χ0v) is 13.4. The quantitative estimate of drug-likeness (QED) is 0.780. The van der Waals surface area contributed by atoms with Crippen LogP contribution < -0.4 is 5.32 Å². The van der Waals surface area contributed by atoms with Crippen molar-refractivity contribution in [2.24, 2.45) is 0 Å².